The summed E-state index contributed by atoms with van der Waals surface area (Å²) < 4.78 is 0. The van der Waals surface area contributed by atoms with Crippen LogP contribution in [0.1, 0.15) is 26.2 Å². The second-order valence-electron chi connectivity index (χ2n) is 2.98. The third-order valence-electron chi connectivity index (χ3n) is 2.02. The largest absolute Gasteiger partial charge is 0.317 e. The van der Waals surface area contributed by atoms with E-state index in [0.717, 1.165) is 6.04 Å². The Labute approximate surface area is 63.4 Å². The minimum absolute atomic E-state index is 0.793. The fourth-order valence-corrected chi connectivity index (χ4v) is 1.37. The minimum atomic E-state index is 0.793. The number of nitrogens with one attached hydrogen (secondary N) is 2. The number of piperidine rings is 1. The molecule has 10 heavy (non-hydrogen) atoms. The van der Waals surface area contributed by atoms with Gasteiger partial charge < -0.3 is 10.6 Å². The van der Waals surface area contributed by atoms with Gasteiger partial charge in [0.25, 0.3) is 0 Å². The number of rotatable bonds is 3. The molecule has 60 valence electrons. The average Bonchev–Trinajstić information content (AvgIpc) is 2.03. The zero-order valence-corrected chi connectivity index (χ0v) is 6.82. The molecule has 0 aromatic carbocycles. The van der Waals surface area contributed by atoms with Crippen molar-refractivity contribution in [2.75, 3.05) is 19.6 Å². The van der Waals surface area contributed by atoms with Crippen LogP contribution in [0.2, 0.25) is 0 Å². The van der Waals surface area contributed by atoms with E-state index in [1.807, 2.05) is 0 Å². The van der Waals surface area contributed by atoms with Crippen LogP contribution in [0.15, 0.2) is 0 Å². The molecule has 2 nitrogen and oxygen atoms in total. The molecule has 0 saturated carbocycles. The van der Waals surface area contributed by atoms with Crippen LogP contribution in [-0.4, -0.2) is 25.7 Å². The normalized spacial score (nSPS) is 21.3. The summed E-state index contributed by atoms with van der Waals surface area (Å²) in [6.07, 6.45) is 3.87. The molecule has 0 atom stereocenters. The van der Waals surface area contributed by atoms with Crippen LogP contribution in [0, 0.1) is 0 Å². The molecule has 0 unspecified atom stereocenters. The lowest BCUT2D eigenvalue weighted by Crippen LogP contribution is -2.40. The van der Waals surface area contributed by atoms with Gasteiger partial charge in [-0.3, -0.25) is 0 Å². The van der Waals surface area contributed by atoms with E-state index in [-0.39, 0.29) is 0 Å². The van der Waals surface area contributed by atoms with E-state index in [9.17, 15) is 0 Å². The lowest BCUT2D eigenvalue weighted by molar-refractivity contribution is 0.388. The Kier molecular flexibility index (Phi) is 3.76. The van der Waals surface area contributed by atoms with E-state index in [0.29, 0.717) is 0 Å². The molecule has 1 rings (SSSR count). The smallest absolute Gasteiger partial charge is 0.00912 e. The first-order valence-electron chi connectivity index (χ1n) is 4.37. The monoisotopic (exact) mass is 142 g/mol. The van der Waals surface area contributed by atoms with Crippen molar-refractivity contribution in [3.05, 3.63) is 0 Å². The molecule has 0 radical (unpaired) electrons. The quantitative estimate of drug-likeness (QED) is 0.607. The fourth-order valence-electron chi connectivity index (χ4n) is 1.37. The first kappa shape index (κ1) is 8.02. The van der Waals surface area contributed by atoms with Gasteiger partial charge >= 0.3 is 0 Å². The third-order valence-corrected chi connectivity index (χ3v) is 2.02. The van der Waals surface area contributed by atoms with E-state index in [1.165, 1.54) is 38.9 Å². The second kappa shape index (κ2) is 4.69. The summed E-state index contributed by atoms with van der Waals surface area (Å²) in [5, 5.41) is 6.88. The summed E-state index contributed by atoms with van der Waals surface area (Å²) in [5.74, 6) is 0. The Morgan fingerprint density at radius 2 is 2.10 bits per heavy atom. The molecule has 0 aliphatic carbocycles. The summed E-state index contributed by atoms with van der Waals surface area (Å²) in [6, 6.07) is 0.793. The van der Waals surface area contributed by atoms with Gasteiger partial charge in [0.2, 0.25) is 0 Å². The average molecular weight is 142 g/mol. The maximum atomic E-state index is 3.53. The Balaban J connectivity index is 2.02. The second-order valence-corrected chi connectivity index (χ2v) is 2.98. The maximum Gasteiger partial charge on any atom is 0.00912 e. The summed E-state index contributed by atoms with van der Waals surface area (Å²) in [7, 11) is 0. The molecule has 1 aliphatic heterocycles. The third kappa shape index (κ3) is 2.67. The summed E-state index contributed by atoms with van der Waals surface area (Å²) in [6.45, 7) is 5.79. The van der Waals surface area contributed by atoms with Crippen LogP contribution in [0.3, 0.4) is 0 Å². The molecular weight excluding hydrogens is 124 g/mol. The van der Waals surface area contributed by atoms with Crippen molar-refractivity contribution >= 4 is 0 Å². The van der Waals surface area contributed by atoms with Crippen molar-refractivity contribution < 1.29 is 0 Å². The van der Waals surface area contributed by atoms with Crippen molar-refractivity contribution in [3.8, 4) is 0 Å². The van der Waals surface area contributed by atoms with Crippen molar-refractivity contribution in [1.29, 1.82) is 0 Å². The topological polar surface area (TPSA) is 24.1 Å². The van der Waals surface area contributed by atoms with E-state index in [2.05, 4.69) is 17.6 Å². The van der Waals surface area contributed by atoms with Crippen molar-refractivity contribution in [1.82, 2.24) is 10.6 Å². The molecular formula is C8H18N2. The van der Waals surface area contributed by atoms with Gasteiger partial charge in [-0.25, -0.2) is 0 Å². The zero-order valence-electron chi connectivity index (χ0n) is 6.82. The van der Waals surface area contributed by atoms with Gasteiger partial charge in [0.15, 0.2) is 0 Å². The van der Waals surface area contributed by atoms with Crippen LogP contribution in [0.25, 0.3) is 0 Å². The van der Waals surface area contributed by atoms with Crippen LogP contribution in [0.5, 0.6) is 0 Å². The molecule has 1 heterocycles. The predicted octanol–water partition coefficient (Wildman–Crippen LogP) is 0.738. The van der Waals surface area contributed by atoms with Gasteiger partial charge in [-0.15, -0.1) is 0 Å². The molecule has 0 spiro atoms. The van der Waals surface area contributed by atoms with Crippen molar-refractivity contribution in [2.45, 2.75) is 32.2 Å². The highest BCUT2D eigenvalue weighted by molar-refractivity contribution is 4.73. The molecule has 0 aromatic rings. The molecule has 2 heteroatoms. The van der Waals surface area contributed by atoms with Crippen LogP contribution >= 0.6 is 0 Å². The van der Waals surface area contributed by atoms with E-state index in [1.54, 1.807) is 0 Å². The molecule has 0 bridgehead atoms. The first-order valence-corrected chi connectivity index (χ1v) is 4.37. The van der Waals surface area contributed by atoms with Gasteiger partial charge in [0.05, 0.1) is 0 Å². The van der Waals surface area contributed by atoms with Crippen LogP contribution in [0.4, 0.5) is 0 Å². The predicted molar refractivity (Wildman–Crippen MR) is 44.2 cm³/mol. The lowest BCUT2D eigenvalue weighted by Gasteiger charge is -2.23. The Morgan fingerprint density at radius 3 is 2.70 bits per heavy atom. The Hall–Kier alpha value is -0.0800. The maximum absolute atomic E-state index is 3.53. The number of hydrogen-bond donors (Lipinski definition) is 2. The summed E-state index contributed by atoms with van der Waals surface area (Å²) in [4.78, 5) is 0. The SMILES string of the molecule is CCCNC1CCNCC1. The standard InChI is InChI=1S/C8H18N2/c1-2-5-10-8-3-6-9-7-4-8/h8-10H,2-7H2,1H3. The molecule has 0 amide bonds. The highest BCUT2D eigenvalue weighted by Crippen LogP contribution is 2.00. The van der Waals surface area contributed by atoms with E-state index < -0.39 is 0 Å². The van der Waals surface area contributed by atoms with Gasteiger partial charge in [0.1, 0.15) is 0 Å². The van der Waals surface area contributed by atoms with Crippen molar-refractivity contribution in [3.63, 3.8) is 0 Å². The summed E-state index contributed by atoms with van der Waals surface area (Å²) >= 11 is 0. The molecule has 1 saturated heterocycles. The van der Waals surface area contributed by atoms with Gasteiger partial charge in [0, 0.05) is 6.04 Å². The van der Waals surface area contributed by atoms with Gasteiger partial charge in [-0.1, -0.05) is 6.92 Å². The minimum Gasteiger partial charge on any atom is -0.317 e. The van der Waals surface area contributed by atoms with Crippen molar-refractivity contribution in [2.24, 2.45) is 0 Å². The molecule has 2 N–H and O–H groups in total. The van der Waals surface area contributed by atoms with E-state index in [4.69, 9.17) is 0 Å². The Bertz CT molecular complexity index is 77.3. The lowest BCUT2D eigenvalue weighted by atomic mass is 10.1. The highest BCUT2D eigenvalue weighted by atomic mass is 15.0. The molecule has 1 fully saturated rings. The molecule has 1 aliphatic rings. The summed E-state index contributed by atoms with van der Waals surface area (Å²) in [5.41, 5.74) is 0. The first-order chi connectivity index (χ1) is 4.93. The Morgan fingerprint density at radius 1 is 1.40 bits per heavy atom. The van der Waals surface area contributed by atoms with E-state index >= 15 is 0 Å². The number of hydrogen-bond acceptors (Lipinski definition) is 2. The van der Waals surface area contributed by atoms with Gasteiger partial charge in [-0.2, -0.15) is 0 Å². The van der Waals surface area contributed by atoms with Crippen LogP contribution in [-0.2, 0) is 0 Å². The zero-order chi connectivity index (χ0) is 7.23. The highest BCUT2D eigenvalue weighted by Gasteiger charge is 2.10. The van der Waals surface area contributed by atoms with Crippen LogP contribution < -0.4 is 10.6 Å². The fraction of sp³-hybridized carbons (Fsp3) is 1.00. The molecule has 0 aromatic heterocycles. The van der Waals surface area contributed by atoms with Gasteiger partial charge in [-0.05, 0) is 38.9 Å².